The van der Waals surface area contributed by atoms with Crippen molar-refractivity contribution in [1.82, 2.24) is 14.8 Å². The fourth-order valence-corrected chi connectivity index (χ4v) is 4.88. The van der Waals surface area contributed by atoms with Gasteiger partial charge in [-0.2, -0.15) is 10.1 Å². The van der Waals surface area contributed by atoms with Crippen molar-refractivity contribution in [1.29, 1.82) is 0 Å². The molecule has 2 atom stereocenters. The molecule has 0 radical (unpaired) electrons. The van der Waals surface area contributed by atoms with Gasteiger partial charge in [-0.15, -0.1) is 11.8 Å². The van der Waals surface area contributed by atoms with E-state index in [0.717, 1.165) is 28.1 Å². The highest BCUT2D eigenvalue weighted by Gasteiger charge is 2.41. The molecule has 4 aromatic rings. The lowest BCUT2D eigenvalue weighted by atomic mass is 9.84. The van der Waals surface area contributed by atoms with Crippen molar-refractivity contribution < 1.29 is 9.13 Å². The van der Waals surface area contributed by atoms with E-state index in [4.69, 9.17) is 4.74 Å². The Hall–Kier alpha value is -3.58. The third-order valence-electron chi connectivity index (χ3n) is 5.94. The summed E-state index contributed by atoms with van der Waals surface area (Å²) in [6.07, 6.45) is 3.13. The second kappa shape index (κ2) is 7.53. The lowest BCUT2D eigenvalue weighted by Crippen LogP contribution is -2.32. The highest BCUT2D eigenvalue weighted by molar-refractivity contribution is 7.98. The average molecular weight is 443 g/mol. The molecule has 3 heterocycles. The van der Waals surface area contributed by atoms with Crippen LogP contribution in [0.5, 0.6) is 5.75 Å². The Kier molecular flexibility index (Phi) is 4.50. The number of hydrogen-bond donors (Lipinski definition) is 1. The van der Waals surface area contributed by atoms with E-state index in [1.165, 1.54) is 17.3 Å². The van der Waals surface area contributed by atoms with Crippen molar-refractivity contribution in [2.75, 3.05) is 11.6 Å². The quantitative estimate of drug-likeness (QED) is 0.413. The summed E-state index contributed by atoms with van der Waals surface area (Å²) in [5.74, 6) is 1.06. The van der Waals surface area contributed by atoms with E-state index < -0.39 is 12.1 Å². The van der Waals surface area contributed by atoms with Crippen molar-refractivity contribution in [3.05, 3.63) is 107 Å². The van der Waals surface area contributed by atoms with Crippen molar-refractivity contribution in [2.45, 2.75) is 17.0 Å². The van der Waals surface area contributed by atoms with E-state index in [0.29, 0.717) is 11.5 Å². The van der Waals surface area contributed by atoms with Gasteiger partial charge in [0.15, 0.2) is 0 Å². The summed E-state index contributed by atoms with van der Waals surface area (Å²) < 4.78 is 23.4. The molecule has 0 spiro atoms. The molecule has 0 aliphatic carbocycles. The molecule has 0 unspecified atom stereocenters. The molecule has 2 aliphatic heterocycles. The number of benzene rings is 3. The summed E-state index contributed by atoms with van der Waals surface area (Å²) in [6.45, 7) is 0. The van der Waals surface area contributed by atoms with Crippen LogP contribution in [0.15, 0.2) is 89.6 Å². The lowest BCUT2D eigenvalue weighted by Gasteiger charge is -2.39. The summed E-state index contributed by atoms with van der Waals surface area (Å²) in [7, 11) is 0. The highest BCUT2D eigenvalue weighted by atomic mass is 32.2. The molecule has 6 rings (SSSR count). The number of nitrogens with one attached hydrogen (secondary N) is 1. The number of rotatable bonds is 3. The molecule has 158 valence electrons. The summed E-state index contributed by atoms with van der Waals surface area (Å²) >= 11 is 1.69. The third kappa shape index (κ3) is 2.92. The Labute approximate surface area is 189 Å². The van der Waals surface area contributed by atoms with Crippen molar-refractivity contribution >= 4 is 23.4 Å². The minimum atomic E-state index is -0.497. The fraction of sp³-hybridized carbons (Fsp3) is 0.120. The molecule has 0 amide bonds. The van der Waals surface area contributed by atoms with Gasteiger partial charge >= 0.3 is 0 Å². The number of ether oxygens (including phenoxy) is 1. The number of thioether (sulfide) groups is 1. The molecule has 2 aliphatic rings. The fourth-order valence-electron chi connectivity index (χ4n) is 4.47. The van der Waals surface area contributed by atoms with Gasteiger partial charge in [0, 0.05) is 21.6 Å². The molecule has 7 heteroatoms. The van der Waals surface area contributed by atoms with Crippen LogP contribution in [0.25, 0.3) is 5.70 Å². The van der Waals surface area contributed by atoms with Crippen molar-refractivity contribution in [2.24, 2.45) is 0 Å². The Bertz CT molecular complexity index is 1350. The van der Waals surface area contributed by atoms with Crippen molar-refractivity contribution in [3.8, 4) is 5.75 Å². The Morgan fingerprint density at radius 3 is 2.59 bits per heavy atom. The van der Waals surface area contributed by atoms with E-state index in [1.807, 2.05) is 30.3 Å². The number of hydrogen-bond acceptors (Lipinski definition) is 5. The Morgan fingerprint density at radius 2 is 1.78 bits per heavy atom. The SMILES string of the molecule is CSc1ccc([C@@H]2Oc3ccccc3C3=C2[C@@H](c2ccccc2F)n2ncnc2N3)cc1. The standard InChI is InChI=1S/C25H19FN4OS/c1-32-16-12-10-15(11-13-16)24-21-22(18-7-3-5-9-20(18)31-24)29-25-27-14-28-30(25)23(21)17-6-2-4-8-19(17)26/h2-14,23-24H,1H3,(H,27,28,29)/t23-,24+/m1/s1. The normalized spacial score (nSPS) is 18.8. The number of nitrogens with zero attached hydrogens (tertiary/aromatic N) is 3. The molecule has 0 bridgehead atoms. The van der Waals surface area contributed by atoms with Gasteiger partial charge in [0.05, 0.1) is 5.70 Å². The molecule has 1 N–H and O–H groups in total. The molecule has 0 saturated heterocycles. The first-order valence-electron chi connectivity index (χ1n) is 10.3. The van der Waals surface area contributed by atoms with Crippen LogP contribution in [0.1, 0.15) is 28.8 Å². The van der Waals surface area contributed by atoms with Crippen LogP contribution in [0.2, 0.25) is 0 Å². The smallest absolute Gasteiger partial charge is 0.226 e. The van der Waals surface area contributed by atoms with Crippen LogP contribution >= 0.6 is 11.8 Å². The van der Waals surface area contributed by atoms with E-state index >= 15 is 4.39 Å². The van der Waals surface area contributed by atoms with Gasteiger partial charge in [-0.05, 0) is 42.2 Å². The predicted molar refractivity (Wildman–Crippen MR) is 123 cm³/mol. The van der Waals surface area contributed by atoms with E-state index in [2.05, 4.69) is 45.9 Å². The average Bonchev–Trinajstić information content (AvgIpc) is 3.31. The first-order chi connectivity index (χ1) is 15.7. The van der Waals surface area contributed by atoms with E-state index in [-0.39, 0.29) is 5.82 Å². The zero-order valence-corrected chi connectivity index (χ0v) is 18.0. The molecule has 0 fully saturated rings. The molecule has 1 aromatic heterocycles. The third-order valence-corrected chi connectivity index (χ3v) is 6.68. The largest absolute Gasteiger partial charge is 0.480 e. The predicted octanol–water partition coefficient (Wildman–Crippen LogP) is 5.70. The Balaban J connectivity index is 1.62. The zero-order valence-electron chi connectivity index (χ0n) is 17.2. The monoisotopic (exact) mass is 442 g/mol. The van der Waals surface area contributed by atoms with Gasteiger partial charge in [-0.3, -0.25) is 0 Å². The number of para-hydroxylation sites is 1. The van der Waals surface area contributed by atoms with Crippen LogP contribution in [-0.2, 0) is 0 Å². The number of fused-ring (bicyclic) bond motifs is 3. The summed E-state index contributed by atoms with van der Waals surface area (Å²) in [4.78, 5) is 5.56. The number of halogens is 1. The van der Waals surface area contributed by atoms with E-state index in [1.54, 1.807) is 28.6 Å². The zero-order chi connectivity index (χ0) is 21.7. The maximum Gasteiger partial charge on any atom is 0.226 e. The number of anilines is 1. The van der Waals surface area contributed by atoms with Gasteiger partial charge in [0.2, 0.25) is 5.95 Å². The summed E-state index contributed by atoms with van der Waals surface area (Å²) in [5.41, 5.74) is 4.25. The van der Waals surface area contributed by atoms with Gasteiger partial charge in [-0.25, -0.2) is 9.07 Å². The topological polar surface area (TPSA) is 52.0 Å². The first kappa shape index (κ1) is 19.1. The second-order valence-corrected chi connectivity index (χ2v) is 8.55. The maximum absolute atomic E-state index is 15.1. The summed E-state index contributed by atoms with van der Waals surface area (Å²) in [5, 5.41) is 7.88. The molecular formula is C25H19FN4OS. The highest BCUT2D eigenvalue weighted by Crippen LogP contribution is 2.50. The minimum Gasteiger partial charge on any atom is -0.480 e. The maximum atomic E-state index is 15.1. The number of aromatic nitrogens is 3. The molecule has 32 heavy (non-hydrogen) atoms. The molecule has 5 nitrogen and oxygen atoms in total. The van der Waals surface area contributed by atoms with Crippen LogP contribution < -0.4 is 10.1 Å². The van der Waals surface area contributed by atoms with Gasteiger partial charge in [0.25, 0.3) is 0 Å². The summed E-state index contributed by atoms with van der Waals surface area (Å²) in [6, 6.07) is 22.5. The van der Waals surface area contributed by atoms with Crippen molar-refractivity contribution in [3.63, 3.8) is 0 Å². The lowest BCUT2D eigenvalue weighted by molar-refractivity contribution is 0.222. The van der Waals surface area contributed by atoms with Gasteiger partial charge < -0.3 is 10.1 Å². The second-order valence-electron chi connectivity index (χ2n) is 7.67. The Morgan fingerprint density at radius 1 is 1.00 bits per heavy atom. The van der Waals surface area contributed by atoms with E-state index in [9.17, 15) is 0 Å². The van der Waals surface area contributed by atoms with Gasteiger partial charge in [0.1, 0.15) is 30.0 Å². The van der Waals surface area contributed by atoms with Crippen LogP contribution in [0.4, 0.5) is 10.3 Å². The minimum absolute atomic E-state index is 0.289. The molecular weight excluding hydrogens is 423 g/mol. The van der Waals surface area contributed by atoms with Crippen LogP contribution in [0.3, 0.4) is 0 Å². The first-order valence-corrected chi connectivity index (χ1v) is 11.5. The van der Waals surface area contributed by atoms with Gasteiger partial charge in [-0.1, -0.05) is 42.5 Å². The van der Waals surface area contributed by atoms with Crippen LogP contribution in [0, 0.1) is 5.82 Å². The van der Waals surface area contributed by atoms with Crippen LogP contribution in [-0.4, -0.2) is 21.0 Å². The molecule has 3 aromatic carbocycles. The molecule has 0 saturated carbocycles.